The maximum atomic E-state index is 11.9. The second-order valence-corrected chi connectivity index (χ2v) is 4.72. The third-order valence-electron chi connectivity index (χ3n) is 3.56. The lowest BCUT2D eigenvalue weighted by molar-refractivity contribution is -0.127. The van der Waals surface area contributed by atoms with Crippen molar-refractivity contribution in [3.8, 4) is 0 Å². The first kappa shape index (κ1) is 10.9. The quantitative estimate of drug-likeness (QED) is 0.684. The van der Waals surface area contributed by atoms with Gasteiger partial charge < -0.3 is 15.4 Å². The topological polar surface area (TPSA) is 50.4 Å². The van der Waals surface area contributed by atoms with Crippen LogP contribution in [0.2, 0.25) is 0 Å². The van der Waals surface area contributed by atoms with Crippen LogP contribution in [-0.2, 0) is 9.53 Å². The predicted octanol–water partition coefficient (Wildman–Crippen LogP) is 0.136. The van der Waals surface area contributed by atoms with Crippen LogP contribution >= 0.6 is 0 Å². The zero-order valence-corrected chi connectivity index (χ0v) is 9.45. The Hall–Kier alpha value is -0.610. The fraction of sp³-hybridized carbons (Fsp3) is 0.909. The molecule has 0 aromatic carbocycles. The smallest absolute Gasteiger partial charge is 0.226 e. The lowest BCUT2D eigenvalue weighted by Gasteiger charge is -2.20. The SMILES string of the molecule is CC1CNCC1NC(=O)C1CCOC1C. The van der Waals surface area contributed by atoms with E-state index in [4.69, 9.17) is 4.74 Å². The number of carbonyl (C=O) groups excluding carboxylic acids is 1. The first-order chi connectivity index (χ1) is 7.18. The van der Waals surface area contributed by atoms with Gasteiger partial charge in [-0.1, -0.05) is 6.92 Å². The van der Waals surface area contributed by atoms with E-state index in [9.17, 15) is 4.79 Å². The molecule has 1 amide bonds. The molecule has 2 aliphatic rings. The summed E-state index contributed by atoms with van der Waals surface area (Å²) in [7, 11) is 0. The lowest BCUT2D eigenvalue weighted by Crippen LogP contribution is -2.44. The highest BCUT2D eigenvalue weighted by Gasteiger charge is 2.33. The minimum atomic E-state index is 0.0535. The molecule has 0 radical (unpaired) electrons. The molecule has 86 valence electrons. The van der Waals surface area contributed by atoms with Crippen molar-refractivity contribution in [1.82, 2.24) is 10.6 Å². The second kappa shape index (κ2) is 4.49. The van der Waals surface area contributed by atoms with Gasteiger partial charge >= 0.3 is 0 Å². The molecule has 4 nitrogen and oxygen atoms in total. The summed E-state index contributed by atoms with van der Waals surface area (Å²) in [5, 5.41) is 6.40. The normalized spacial score (nSPS) is 40.7. The van der Waals surface area contributed by atoms with Crippen LogP contribution in [-0.4, -0.2) is 37.7 Å². The van der Waals surface area contributed by atoms with Crippen LogP contribution in [0.25, 0.3) is 0 Å². The van der Waals surface area contributed by atoms with Gasteiger partial charge in [-0.05, 0) is 25.8 Å². The van der Waals surface area contributed by atoms with E-state index in [0.29, 0.717) is 12.0 Å². The highest BCUT2D eigenvalue weighted by molar-refractivity contribution is 5.79. The van der Waals surface area contributed by atoms with Crippen LogP contribution in [0.3, 0.4) is 0 Å². The summed E-state index contributed by atoms with van der Waals surface area (Å²) in [5.74, 6) is 0.755. The zero-order chi connectivity index (χ0) is 10.8. The third kappa shape index (κ3) is 2.32. The molecule has 2 saturated heterocycles. The Morgan fingerprint density at radius 2 is 2.20 bits per heavy atom. The van der Waals surface area contributed by atoms with Crippen molar-refractivity contribution in [3.05, 3.63) is 0 Å². The van der Waals surface area contributed by atoms with E-state index >= 15 is 0 Å². The van der Waals surface area contributed by atoms with Crippen molar-refractivity contribution < 1.29 is 9.53 Å². The average molecular weight is 212 g/mol. The Morgan fingerprint density at radius 3 is 2.73 bits per heavy atom. The molecule has 2 rings (SSSR count). The van der Waals surface area contributed by atoms with E-state index in [1.165, 1.54) is 0 Å². The summed E-state index contributed by atoms with van der Waals surface area (Å²) in [4.78, 5) is 11.9. The number of rotatable bonds is 2. The van der Waals surface area contributed by atoms with E-state index in [2.05, 4.69) is 17.6 Å². The molecule has 15 heavy (non-hydrogen) atoms. The molecule has 4 unspecified atom stereocenters. The van der Waals surface area contributed by atoms with E-state index in [1.807, 2.05) is 6.92 Å². The van der Waals surface area contributed by atoms with Gasteiger partial charge in [0.15, 0.2) is 0 Å². The number of amides is 1. The summed E-state index contributed by atoms with van der Waals surface area (Å²) in [6.07, 6.45) is 0.941. The molecule has 0 saturated carbocycles. The Labute approximate surface area is 90.8 Å². The standard InChI is InChI=1S/C11H20N2O2/c1-7-5-12-6-10(7)13-11(14)9-3-4-15-8(9)2/h7-10,12H,3-6H2,1-2H3,(H,13,14). The highest BCUT2D eigenvalue weighted by atomic mass is 16.5. The van der Waals surface area contributed by atoms with Crippen molar-refractivity contribution in [2.75, 3.05) is 19.7 Å². The molecule has 0 aromatic rings. The first-order valence-electron chi connectivity index (χ1n) is 5.81. The fourth-order valence-corrected chi connectivity index (χ4v) is 2.37. The van der Waals surface area contributed by atoms with Gasteiger partial charge in [0.2, 0.25) is 5.91 Å². The lowest BCUT2D eigenvalue weighted by atomic mass is 10.00. The van der Waals surface area contributed by atoms with Gasteiger partial charge in [0.05, 0.1) is 12.0 Å². The van der Waals surface area contributed by atoms with Crippen LogP contribution in [0.15, 0.2) is 0 Å². The van der Waals surface area contributed by atoms with Crippen molar-refractivity contribution in [3.63, 3.8) is 0 Å². The Kier molecular flexibility index (Phi) is 3.26. The summed E-state index contributed by atoms with van der Waals surface area (Å²) in [5.41, 5.74) is 0. The number of ether oxygens (including phenoxy) is 1. The first-order valence-corrected chi connectivity index (χ1v) is 5.81. The molecular formula is C11H20N2O2. The van der Waals surface area contributed by atoms with E-state index in [-0.39, 0.29) is 17.9 Å². The Bertz CT molecular complexity index is 245. The van der Waals surface area contributed by atoms with Crippen LogP contribution in [0.5, 0.6) is 0 Å². The van der Waals surface area contributed by atoms with Gasteiger partial charge in [-0.25, -0.2) is 0 Å². The van der Waals surface area contributed by atoms with Crippen LogP contribution in [0.1, 0.15) is 20.3 Å². The summed E-state index contributed by atoms with van der Waals surface area (Å²) >= 11 is 0. The van der Waals surface area contributed by atoms with Crippen LogP contribution in [0, 0.1) is 11.8 Å². The van der Waals surface area contributed by atoms with Gasteiger partial charge in [0, 0.05) is 19.2 Å². The van der Waals surface area contributed by atoms with Crippen LogP contribution in [0.4, 0.5) is 0 Å². The minimum absolute atomic E-state index is 0.0535. The van der Waals surface area contributed by atoms with E-state index in [1.54, 1.807) is 0 Å². The van der Waals surface area contributed by atoms with Crippen molar-refractivity contribution in [2.24, 2.45) is 11.8 Å². The molecule has 2 heterocycles. The monoisotopic (exact) mass is 212 g/mol. The molecule has 0 spiro atoms. The maximum absolute atomic E-state index is 11.9. The van der Waals surface area contributed by atoms with Crippen LogP contribution < -0.4 is 10.6 Å². The van der Waals surface area contributed by atoms with Gasteiger partial charge in [0.25, 0.3) is 0 Å². The Morgan fingerprint density at radius 1 is 1.40 bits per heavy atom. The molecular weight excluding hydrogens is 192 g/mol. The molecule has 2 fully saturated rings. The average Bonchev–Trinajstić information content (AvgIpc) is 2.76. The summed E-state index contributed by atoms with van der Waals surface area (Å²) in [6, 6.07) is 0.297. The van der Waals surface area contributed by atoms with Gasteiger partial charge in [-0.15, -0.1) is 0 Å². The predicted molar refractivity (Wildman–Crippen MR) is 57.5 cm³/mol. The van der Waals surface area contributed by atoms with Gasteiger partial charge in [-0.2, -0.15) is 0 Å². The minimum Gasteiger partial charge on any atom is -0.378 e. The molecule has 0 aromatic heterocycles. The number of hydrogen-bond donors (Lipinski definition) is 2. The molecule has 0 bridgehead atoms. The second-order valence-electron chi connectivity index (χ2n) is 4.72. The molecule has 2 N–H and O–H groups in total. The van der Waals surface area contributed by atoms with Crippen molar-refractivity contribution in [1.29, 1.82) is 0 Å². The van der Waals surface area contributed by atoms with Gasteiger partial charge in [0.1, 0.15) is 0 Å². The highest BCUT2D eigenvalue weighted by Crippen LogP contribution is 2.21. The van der Waals surface area contributed by atoms with E-state index in [0.717, 1.165) is 26.1 Å². The number of nitrogens with one attached hydrogen (secondary N) is 2. The number of carbonyl (C=O) groups is 1. The Balaban J connectivity index is 1.86. The summed E-state index contributed by atoms with van der Waals surface area (Å²) < 4.78 is 5.40. The van der Waals surface area contributed by atoms with Gasteiger partial charge in [-0.3, -0.25) is 4.79 Å². The largest absolute Gasteiger partial charge is 0.378 e. The zero-order valence-electron chi connectivity index (χ0n) is 9.45. The van der Waals surface area contributed by atoms with Crippen molar-refractivity contribution >= 4 is 5.91 Å². The fourth-order valence-electron chi connectivity index (χ4n) is 2.37. The molecule has 4 heteroatoms. The number of hydrogen-bond acceptors (Lipinski definition) is 3. The maximum Gasteiger partial charge on any atom is 0.226 e. The van der Waals surface area contributed by atoms with E-state index < -0.39 is 0 Å². The van der Waals surface area contributed by atoms with Crippen molar-refractivity contribution in [2.45, 2.75) is 32.4 Å². The molecule has 4 atom stereocenters. The molecule has 0 aliphatic carbocycles. The molecule has 2 aliphatic heterocycles. The summed E-state index contributed by atoms with van der Waals surface area (Å²) in [6.45, 7) is 6.77. The third-order valence-corrected chi connectivity index (χ3v) is 3.56.